The second-order valence-corrected chi connectivity index (χ2v) is 8.14. The molecule has 1 aromatic heterocycles. The van der Waals surface area contributed by atoms with Gasteiger partial charge in [0, 0.05) is 27.7 Å². The molecule has 0 aliphatic rings. The molecule has 1 heterocycles. The van der Waals surface area contributed by atoms with Crippen LogP contribution in [0.5, 0.6) is 5.75 Å². The highest BCUT2D eigenvalue weighted by molar-refractivity contribution is 9.10. The summed E-state index contributed by atoms with van der Waals surface area (Å²) in [4.78, 5) is 12.1. The van der Waals surface area contributed by atoms with Crippen LogP contribution in [-0.2, 0) is 11.8 Å². The van der Waals surface area contributed by atoms with Crippen molar-refractivity contribution in [1.29, 1.82) is 0 Å². The van der Waals surface area contributed by atoms with Crippen molar-refractivity contribution in [2.45, 2.75) is 5.16 Å². The van der Waals surface area contributed by atoms with Gasteiger partial charge in [-0.3, -0.25) is 4.79 Å². The van der Waals surface area contributed by atoms with Crippen LogP contribution < -0.4 is 10.2 Å². The molecule has 0 saturated carbocycles. The second-order valence-electron chi connectivity index (χ2n) is 5.84. The number of carbonyl (C=O) groups is 1. The summed E-state index contributed by atoms with van der Waals surface area (Å²) in [6.45, 7) is 0. The molecule has 0 atom stereocenters. The summed E-state index contributed by atoms with van der Waals surface area (Å²) in [6, 6.07) is 12.9. The number of thioether (sulfide) groups is 1. The van der Waals surface area contributed by atoms with Crippen LogP contribution in [0.15, 0.2) is 57.2 Å². The third kappa shape index (κ3) is 5.59. The molecule has 7 nitrogen and oxygen atoms in total. The fraction of sp³-hybridized carbons (Fsp3) is 0.158. The zero-order chi connectivity index (χ0) is 20.8. The molecule has 0 aliphatic heterocycles. The van der Waals surface area contributed by atoms with Crippen molar-refractivity contribution in [3.8, 4) is 17.1 Å². The zero-order valence-electron chi connectivity index (χ0n) is 15.6. The van der Waals surface area contributed by atoms with Crippen LogP contribution in [0.2, 0.25) is 5.02 Å². The maximum absolute atomic E-state index is 12.1. The number of carbonyl (C=O) groups excluding carboxylic acids is 1. The van der Waals surface area contributed by atoms with Crippen LogP contribution in [0.25, 0.3) is 11.4 Å². The fourth-order valence-electron chi connectivity index (χ4n) is 2.46. The van der Waals surface area contributed by atoms with Gasteiger partial charge in [0.2, 0.25) is 0 Å². The molecule has 1 amide bonds. The van der Waals surface area contributed by atoms with Gasteiger partial charge in [-0.1, -0.05) is 51.4 Å². The van der Waals surface area contributed by atoms with Crippen molar-refractivity contribution in [1.82, 2.24) is 20.2 Å². The molecular weight excluding hydrogens is 478 g/mol. The standard InChI is InChI=1S/C19H17BrClN5O2S/c1-26-18(12-4-3-5-15(21)9-12)24-25-19(26)29-11-17(27)23-22-10-13-8-14(20)6-7-16(13)28-2/h3-10H,11H2,1-2H3,(H,23,27)/b22-10+. The summed E-state index contributed by atoms with van der Waals surface area (Å²) in [7, 11) is 3.42. The Balaban J connectivity index is 1.58. The molecule has 0 radical (unpaired) electrons. The van der Waals surface area contributed by atoms with Crippen LogP contribution in [0.4, 0.5) is 0 Å². The average Bonchev–Trinajstić information content (AvgIpc) is 3.07. The molecule has 10 heteroatoms. The highest BCUT2D eigenvalue weighted by Crippen LogP contribution is 2.24. The lowest BCUT2D eigenvalue weighted by Crippen LogP contribution is -2.20. The molecule has 0 spiro atoms. The maximum Gasteiger partial charge on any atom is 0.250 e. The quantitative estimate of drug-likeness (QED) is 0.303. The third-order valence-corrected chi connectivity index (χ3v) is 5.58. The van der Waals surface area contributed by atoms with Gasteiger partial charge in [0.15, 0.2) is 11.0 Å². The topological polar surface area (TPSA) is 81.4 Å². The number of nitrogens with zero attached hydrogens (tertiary/aromatic N) is 4. The number of hydrogen-bond acceptors (Lipinski definition) is 6. The number of hydrogen-bond donors (Lipinski definition) is 1. The van der Waals surface area contributed by atoms with Gasteiger partial charge in [0.05, 0.1) is 19.1 Å². The van der Waals surface area contributed by atoms with E-state index in [9.17, 15) is 4.79 Å². The lowest BCUT2D eigenvalue weighted by molar-refractivity contribution is -0.118. The van der Waals surface area contributed by atoms with E-state index in [1.54, 1.807) is 13.2 Å². The van der Waals surface area contributed by atoms with Gasteiger partial charge in [-0.05, 0) is 30.3 Å². The molecule has 29 heavy (non-hydrogen) atoms. The van der Waals surface area contributed by atoms with Crippen LogP contribution in [-0.4, -0.2) is 39.7 Å². The Labute approximate surface area is 185 Å². The van der Waals surface area contributed by atoms with Gasteiger partial charge < -0.3 is 9.30 Å². The van der Waals surface area contributed by atoms with Gasteiger partial charge in [0.1, 0.15) is 5.75 Å². The molecule has 0 bridgehead atoms. The van der Waals surface area contributed by atoms with E-state index in [0.29, 0.717) is 21.8 Å². The fourth-order valence-corrected chi connectivity index (χ4v) is 3.73. The molecule has 0 saturated heterocycles. The van der Waals surface area contributed by atoms with Crippen molar-refractivity contribution >= 4 is 51.4 Å². The summed E-state index contributed by atoms with van der Waals surface area (Å²) >= 11 is 10.7. The second kappa shape index (κ2) is 9.91. The van der Waals surface area contributed by atoms with E-state index in [4.69, 9.17) is 16.3 Å². The van der Waals surface area contributed by atoms with E-state index < -0.39 is 0 Å². The van der Waals surface area contributed by atoms with Gasteiger partial charge in [-0.15, -0.1) is 10.2 Å². The minimum atomic E-state index is -0.257. The smallest absolute Gasteiger partial charge is 0.250 e. The first-order valence-electron chi connectivity index (χ1n) is 8.41. The Morgan fingerprint density at radius 3 is 2.93 bits per heavy atom. The van der Waals surface area contributed by atoms with E-state index in [-0.39, 0.29) is 11.7 Å². The van der Waals surface area contributed by atoms with Gasteiger partial charge >= 0.3 is 0 Å². The molecule has 3 aromatic rings. The number of aromatic nitrogens is 3. The molecule has 0 aliphatic carbocycles. The lowest BCUT2D eigenvalue weighted by Gasteiger charge is -2.05. The first kappa shape index (κ1) is 21.4. The van der Waals surface area contributed by atoms with E-state index in [0.717, 1.165) is 15.6 Å². The number of amides is 1. The Morgan fingerprint density at radius 1 is 1.34 bits per heavy atom. The largest absolute Gasteiger partial charge is 0.496 e. The van der Waals surface area contributed by atoms with Crippen LogP contribution in [0.1, 0.15) is 5.56 Å². The van der Waals surface area contributed by atoms with E-state index in [2.05, 4.69) is 36.7 Å². The van der Waals surface area contributed by atoms with Gasteiger partial charge in [-0.25, -0.2) is 5.43 Å². The Bertz CT molecular complexity index is 1060. The Kier molecular flexibility index (Phi) is 7.29. The van der Waals surface area contributed by atoms with Crippen LogP contribution >= 0.6 is 39.3 Å². The molecule has 0 unspecified atom stereocenters. The maximum atomic E-state index is 12.1. The van der Waals surface area contributed by atoms with E-state index in [1.807, 2.05) is 48.0 Å². The molecule has 150 valence electrons. The average molecular weight is 495 g/mol. The summed E-state index contributed by atoms with van der Waals surface area (Å²) in [5, 5.41) is 13.6. The summed E-state index contributed by atoms with van der Waals surface area (Å²) in [5.41, 5.74) is 4.10. The lowest BCUT2D eigenvalue weighted by atomic mass is 10.2. The minimum Gasteiger partial charge on any atom is -0.496 e. The number of hydrazone groups is 1. The summed E-state index contributed by atoms with van der Waals surface area (Å²) < 4.78 is 7.97. The monoisotopic (exact) mass is 493 g/mol. The highest BCUT2D eigenvalue weighted by Gasteiger charge is 2.13. The SMILES string of the molecule is COc1ccc(Br)cc1/C=N/NC(=O)CSc1nnc(-c2cccc(Cl)c2)n1C. The van der Waals surface area contributed by atoms with Gasteiger partial charge in [0.25, 0.3) is 5.91 Å². The Morgan fingerprint density at radius 2 is 2.17 bits per heavy atom. The van der Waals surface area contributed by atoms with Crippen molar-refractivity contribution in [3.05, 3.63) is 57.5 Å². The summed E-state index contributed by atoms with van der Waals surface area (Å²) in [6.07, 6.45) is 1.53. The van der Waals surface area contributed by atoms with E-state index in [1.165, 1.54) is 18.0 Å². The third-order valence-electron chi connectivity index (χ3n) is 3.83. The molecule has 3 rings (SSSR count). The van der Waals surface area contributed by atoms with E-state index >= 15 is 0 Å². The van der Waals surface area contributed by atoms with Crippen molar-refractivity contribution < 1.29 is 9.53 Å². The predicted octanol–water partition coefficient (Wildman–Crippen LogP) is 4.15. The normalized spacial score (nSPS) is 11.0. The number of methoxy groups -OCH3 is 1. The minimum absolute atomic E-state index is 0.147. The van der Waals surface area contributed by atoms with Crippen molar-refractivity contribution in [2.75, 3.05) is 12.9 Å². The number of halogens is 2. The van der Waals surface area contributed by atoms with Crippen molar-refractivity contribution in [2.24, 2.45) is 12.1 Å². The number of rotatable bonds is 7. The molecule has 2 aromatic carbocycles. The van der Waals surface area contributed by atoms with Crippen molar-refractivity contribution in [3.63, 3.8) is 0 Å². The first-order valence-corrected chi connectivity index (χ1v) is 10.6. The number of ether oxygens (including phenoxy) is 1. The Hall–Kier alpha value is -2.36. The number of benzene rings is 2. The summed E-state index contributed by atoms with van der Waals surface area (Å²) in [5.74, 6) is 1.23. The predicted molar refractivity (Wildman–Crippen MR) is 119 cm³/mol. The molecular formula is C19H17BrClN5O2S. The molecule has 0 fully saturated rings. The van der Waals surface area contributed by atoms with Gasteiger partial charge in [-0.2, -0.15) is 5.10 Å². The zero-order valence-corrected chi connectivity index (χ0v) is 18.8. The van der Waals surface area contributed by atoms with Crippen LogP contribution in [0, 0.1) is 0 Å². The number of nitrogens with one attached hydrogen (secondary N) is 1. The van der Waals surface area contributed by atoms with Crippen LogP contribution in [0.3, 0.4) is 0 Å². The molecule has 1 N–H and O–H groups in total. The first-order chi connectivity index (χ1) is 14.0. The highest BCUT2D eigenvalue weighted by atomic mass is 79.9.